The molecule has 4 rings (SSSR count). The summed E-state index contributed by atoms with van der Waals surface area (Å²) in [5, 5.41) is 3.73. The molecule has 1 N–H and O–H groups in total. The lowest BCUT2D eigenvalue weighted by Gasteiger charge is -2.46. The van der Waals surface area contributed by atoms with Crippen molar-refractivity contribution >= 4 is 27.5 Å². The molecule has 1 aliphatic heterocycles. The van der Waals surface area contributed by atoms with Crippen molar-refractivity contribution in [2.75, 3.05) is 14.2 Å². The fourth-order valence-corrected chi connectivity index (χ4v) is 5.29. The minimum Gasteiger partial charge on any atom is -0.381 e. The highest BCUT2D eigenvalue weighted by Crippen LogP contribution is 2.59. The Morgan fingerprint density at radius 2 is 2.08 bits per heavy atom. The van der Waals surface area contributed by atoms with Gasteiger partial charge in [0.15, 0.2) is 5.66 Å². The zero-order valence-corrected chi connectivity index (χ0v) is 16.1. The highest BCUT2D eigenvalue weighted by atomic mass is 79.9. The van der Waals surface area contributed by atoms with Crippen LogP contribution in [0.15, 0.2) is 32.7 Å². The first-order valence-electron chi connectivity index (χ1n) is 8.67. The van der Waals surface area contributed by atoms with Gasteiger partial charge < -0.3 is 10.1 Å². The van der Waals surface area contributed by atoms with Gasteiger partial charge in [-0.2, -0.15) is 0 Å². The Bertz CT molecular complexity index is 734. The summed E-state index contributed by atoms with van der Waals surface area (Å²) in [4.78, 5) is 9.63. The average Bonchev–Trinajstić information content (AvgIpc) is 3.06. The Hall–Kier alpha value is -1.20. The molecule has 2 aliphatic carbocycles. The first kappa shape index (κ1) is 16.3. The van der Waals surface area contributed by atoms with Gasteiger partial charge in [0.05, 0.1) is 11.8 Å². The number of hydrogen-bond donors (Lipinski definition) is 1. The van der Waals surface area contributed by atoms with E-state index in [0.29, 0.717) is 6.10 Å². The van der Waals surface area contributed by atoms with Crippen LogP contribution < -0.4 is 5.32 Å². The van der Waals surface area contributed by atoms with Crippen molar-refractivity contribution in [3.63, 3.8) is 0 Å². The van der Waals surface area contributed by atoms with Gasteiger partial charge >= 0.3 is 0 Å². The van der Waals surface area contributed by atoms with Crippen molar-refractivity contribution in [2.45, 2.75) is 50.8 Å². The molecule has 1 atom stereocenters. The Morgan fingerprint density at radius 3 is 2.71 bits per heavy atom. The predicted molar refractivity (Wildman–Crippen MR) is 101 cm³/mol. The van der Waals surface area contributed by atoms with E-state index in [1.807, 2.05) is 14.2 Å². The standard InChI is InChI=1S/C19H24BrN3O/c1-12-17(21-2)23-19(22-12)16-10-14(20)5-4-13(16)11-18(19)8-6-15(24-3)7-9-18/h4-5,10,15H,6-9,11H2,1-3H3,(H,21,23). The molecule has 4 nitrogen and oxygen atoms in total. The first-order valence-corrected chi connectivity index (χ1v) is 9.46. The van der Waals surface area contributed by atoms with E-state index in [0.717, 1.165) is 48.1 Å². The van der Waals surface area contributed by atoms with E-state index in [1.54, 1.807) is 0 Å². The number of benzene rings is 1. The maximum atomic E-state index is 5.62. The highest BCUT2D eigenvalue weighted by Gasteiger charge is 2.61. The maximum Gasteiger partial charge on any atom is 0.163 e. The van der Waals surface area contributed by atoms with Crippen LogP contribution in [0.4, 0.5) is 0 Å². The molecule has 2 spiro atoms. The lowest BCUT2D eigenvalue weighted by atomic mass is 9.65. The summed E-state index contributed by atoms with van der Waals surface area (Å²) in [7, 11) is 3.67. The molecule has 1 heterocycles. The van der Waals surface area contributed by atoms with Crippen molar-refractivity contribution in [3.05, 3.63) is 33.8 Å². The molecule has 0 saturated heterocycles. The number of fused-ring (bicyclic) bond motifs is 3. The molecule has 0 amide bonds. The molecule has 1 aromatic carbocycles. The van der Waals surface area contributed by atoms with E-state index < -0.39 is 0 Å². The van der Waals surface area contributed by atoms with Crippen LogP contribution >= 0.6 is 15.9 Å². The Balaban J connectivity index is 1.85. The lowest BCUT2D eigenvalue weighted by Crippen LogP contribution is -2.53. The third kappa shape index (κ3) is 2.14. The van der Waals surface area contributed by atoms with E-state index in [4.69, 9.17) is 9.73 Å². The third-order valence-electron chi connectivity index (χ3n) is 6.18. The van der Waals surface area contributed by atoms with Gasteiger partial charge in [-0.1, -0.05) is 22.0 Å². The van der Waals surface area contributed by atoms with Crippen molar-refractivity contribution in [2.24, 2.45) is 15.4 Å². The van der Waals surface area contributed by atoms with E-state index in [-0.39, 0.29) is 11.1 Å². The summed E-state index contributed by atoms with van der Waals surface area (Å²) < 4.78 is 6.73. The number of rotatable bonds is 1. The fraction of sp³-hybridized carbons (Fsp3) is 0.579. The smallest absolute Gasteiger partial charge is 0.163 e. The monoisotopic (exact) mass is 389 g/mol. The van der Waals surface area contributed by atoms with Gasteiger partial charge in [-0.15, -0.1) is 0 Å². The van der Waals surface area contributed by atoms with Gasteiger partial charge in [-0.25, -0.2) is 0 Å². The summed E-state index contributed by atoms with van der Waals surface area (Å²) in [5.74, 6) is 0.927. The highest BCUT2D eigenvalue weighted by molar-refractivity contribution is 9.10. The quantitative estimate of drug-likeness (QED) is 0.793. The summed E-state index contributed by atoms with van der Waals surface area (Å²) >= 11 is 3.65. The van der Waals surface area contributed by atoms with Crippen molar-refractivity contribution in [1.82, 2.24) is 5.32 Å². The third-order valence-corrected chi connectivity index (χ3v) is 6.68. The molecule has 1 unspecified atom stereocenters. The van der Waals surface area contributed by atoms with Gasteiger partial charge in [-0.3, -0.25) is 9.98 Å². The van der Waals surface area contributed by atoms with Gasteiger partial charge in [0.1, 0.15) is 5.84 Å². The molecule has 0 aromatic heterocycles. The fourth-order valence-electron chi connectivity index (χ4n) is 4.93. The summed E-state index contributed by atoms with van der Waals surface area (Å²) in [6, 6.07) is 6.65. The average molecular weight is 390 g/mol. The number of nitrogens with zero attached hydrogens (tertiary/aromatic N) is 2. The van der Waals surface area contributed by atoms with Gasteiger partial charge in [0, 0.05) is 29.6 Å². The Kier molecular flexibility index (Phi) is 3.84. The van der Waals surface area contributed by atoms with Crippen LogP contribution in [0.5, 0.6) is 0 Å². The molecule has 128 valence electrons. The van der Waals surface area contributed by atoms with Gasteiger partial charge in [0.2, 0.25) is 0 Å². The van der Waals surface area contributed by atoms with Crippen LogP contribution in [0.25, 0.3) is 0 Å². The largest absolute Gasteiger partial charge is 0.381 e. The van der Waals surface area contributed by atoms with Crippen LogP contribution in [0.1, 0.15) is 43.7 Å². The predicted octanol–water partition coefficient (Wildman–Crippen LogP) is 3.83. The first-order chi connectivity index (χ1) is 11.5. The number of ether oxygens (including phenoxy) is 1. The molecule has 1 fully saturated rings. The summed E-state index contributed by atoms with van der Waals surface area (Å²) in [6.07, 6.45) is 5.91. The van der Waals surface area contributed by atoms with E-state index in [9.17, 15) is 0 Å². The van der Waals surface area contributed by atoms with E-state index in [2.05, 4.69) is 51.4 Å². The molecular formula is C19H24BrN3O. The van der Waals surface area contributed by atoms with E-state index in [1.165, 1.54) is 11.1 Å². The number of methoxy groups -OCH3 is 1. The number of hydrogen-bond acceptors (Lipinski definition) is 3. The molecule has 1 aromatic rings. The van der Waals surface area contributed by atoms with Crippen molar-refractivity contribution < 1.29 is 4.74 Å². The second-order valence-corrected chi connectivity index (χ2v) is 8.21. The van der Waals surface area contributed by atoms with Crippen LogP contribution in [-0.4, -0.2) is 31.8 Å². The molecule has 0 radical (unpaired) electrons. The second-order valence-electron chi connectivity index (χ2n) is 7.30. The van der Waals surface area contributed by atoms with Crippen LogP contribution in [0, 0.1) is 5.41 Å². The zero-order chi connectivity index (χ0) is 16.9. The Labute approximate surface area is 151 Å². The molecule has 3 aliphatic rings. The van der Waals surface area contributed by atoms with Crippen molar-refractivity contribution in [3.8, 4) is 0 Å². The molecule has 0 bridgehead atoms. The van der Waals surface area contributed by atoms with E-state index >= 15 is 0 Å². The molecule has 1 saturated carbocycles. The number of amidine groups is 1. The van der Waals surface area contributed by atoms with Crippen LogP contribution in [0.3, 0.4) is 0 Å². The van der Waals surface area contributed by atoms with Gasteiger partial charge in [-0.05, 0) is 56.7 Å². The normalized spacial score (nSPS) is 36.2. The second kappa shape index (κ2) is 5.67. The Morgan fingerprint density at radius 1 is 1.33 bits per heavy atom. The van der Waals surface area contributed by atoms with Gasteiger partial charge in [0.25, 0.3) is 0 Å². The van der Waals surface area contributed by atoms with Crippen molar-refractivity contribution in [1.29, 1.82) is 0 Å². The van der Waals surface area contributed by atoms with Crippen LogP contribution in [-0.2, 0) is 16.8 Å². The maximum absolute atomic E-state index is 5.62. The topological polar surface area (TPSA) is 46.0 Å². The molecule has 24 heavy (non-hydrogen) atoms. The number of halogens is 1. The SMILES string of the molecule is CN=C1NC2(N=C1C)c1cc(Br)ccc1CC21CCC(OC)CC1. The molecular weight excluding hydrogens is 366 g/mol. The van der Waals surface area contributed by atoms with Crippen LogP contribution in [0.2, 0.25) is 0 Å². The number of aliphatic imine (C=N–C) groups is 2. The summed E-state index contributed by atoms with van der Waals surface area (Å²) in [6.45, 7) is 2.06. The minimum absolute atomic E-state index is 0.110. The number of nitrogens with one attached hydrogen (secondary N) is 1. The minimum atomic E-state index is -0.371. The lowest BCUT2D eigenvalue weighted by molar-refractivity contribution is -0.00627. The molecule has 5 heteroatoms. The zero-order valence-electron chi connectivity index (χ0n) is 14.5. The summed E-state index contributed by atoms with van der Waals surface area (Å²) in [5.41, 5.74) is 3.47.